The molecule has 42 valence electrons. The van der Waals surface area contributed by atoms with Gasteiger partial charge in [0.1, 0.15) is 10.5 Å². The molecule has 0 saturated carbocycles. The molecule has 0 atom stereocenters. The second-order valence-corrected chi connectivity index (χ2v) is 1.97. The SMILES string of the molecule is [SiH3]OCCC=CCl. The van der Waals surface area contributed by atoms with Crippen LogP contribution in [0.1, 0.15) is 6.42 Å². The van der Waals surface area contributed by atoms with Crippen LogP contribution in [0.2, 0.25) is 0 Å². The third-order valence-electron chi connectivity index (χ3n) is 0.578. The van der Waals surface area contributed by atoms with Crippen molar-refractivity contribution < 1.29 is 4.43 Å². The highest BCUT2D eigenvalue weighted by Gasteiger charge is 1.72. The summed E-state index contributed by atoms with van der Waals surface area (Å²) in [5.41, 5.74) is 1.51. The maximum Gasteiger partial charge on any atom is 0.145 e. The van der Waals surface area contributed by atoms with Crippen LogP contribution in [0.5, 0.6) is 0 Å². The highest BCUT2D eigenvalue weighted by atomic mass is 35.5. The Hall–Kier alpha value is 0.207. The summed E-state index contributed by atoms with van der Waals surface area (Å²) in [5.74, 6) is 0. The van der Waals surface area contributed by atoms with E-state index in [2.05, 4.69) is 0 Å². The van der Waals surface area contributed by atoms with Crippen molar-refractivity contribution in [3.8, 4) is 0 Å². The van der Waals surface area contributed by atoms with E-state index in [1.54, 1.807) is 0 Å². The normalized spacial score (nSPS) is 11.0. The van der Waals surface area contributed by atoms with Crippen molar-refractivity contribution in [3.63, 3.8) is 0 Å². The zero-order valence-corrected chi connectivity index (χ0v) is 7.11. The molecule has 0 aliphatic carbocycles. The van der Waals surface area contributed by atoms with Gasteiger partial charge in [0.2, 0.25) is 0 Å². The molecular weight excluding hydrogens is 128 g/mol. The van der Waals surface area contributed by atoms with Gasteiger partial charge in [0, 0.05) is 12.1 Å². The molecule has 0 aliphatic heterocycles. The number of hydrogen-bond acceptors (Lipinski definition) is 1. The van der Waals surface area contributed by atoms with Crippen molar-refractivity contribution in [3.05, 3.63) is 11.6 Å². The Morgan fingerprint density at radius 1 is 1.71 bits per heavy atom. The van der Waals surface area contributed by atoms with Crippen LogP contribution in [0.25, 0.3) is 0 Å². The molecule has 0 amide bonds. The fourth-order valence-electron chi connectivity index (χ4n) is 0.249. The number of halogens is 1. The maximum absolute atomic E-state index is 5.21. The molecule has 0 aliphatic rings. The van der Waals surface area contributed by atoms with Crippen molar-refractivity contribution in [1.29, 1.82) is 0 Å². The Morgan fingerprint density at radius 3 is 2.86 bits per heavy atom. The first-order valence-electron chi connectivity index (χ1n) is 2.16. The van der Waals surface area contributed by atoms with Crippen LogP contribution in [0.15, 0.2) is 11.6 Å². The van der Waals surface area contributed by atoms with Crippen LogP contribution in [0.3, 0.4) is 0 Å². The molecule has 0 saturated heterocycles. The molecule has 0 rings (SSSR count). The standard InChI is InChI=1S/C4H9ClOSi/c5-3-1-2-4-6-7/h1,3H,2,4H2,7H3. The van der Waals surface area contributed by atoms with Crippen molar-refractivity contribution in [2.75, 3.05) is 6.61 Å². The third-order valence-corrected chi connectivity index (χ3v) is 1.16. The quantitative estimate of drug-likeness (QED) is 0.404. The van der Waals surface area contributed by atoms with Crippen LogP contribution in [0.4, 0.5) is 0 Å². The molecule has 0 aromatic heterocycles. The molecule has 0 N–H and O–H groups in total. The van der Waals surface area contributed by atoms with Crippen LogP contribution in [0, 0.1) is 0 Å². The Morgan fingerprint density at radius 2 is 2.43 bits per heavy atom. The van der Waals surface area contributed by atoms with Crippen LogP contribution in [-0.4, -0.2) is 17.1 Å². The van der Waals surface area contributed by atoms with E-state index in [9.17, 15) is 0 Å². The molecule has 0 spiro atoms. The van der Waals surface area contributed by atoms with Crippen molar-refractivity contribution in [1.82, 2.24) is 0 Å². The van der Waals surface area contributed by atoms with E-state index in [1.807, 2.05) is 6.08 Å². The Kier molecular flexibility index (Phi) is 6.39. The number of hydrogen-bond donors (Lipinski definition) is 0. The van der Waals surface area contributed by atoms with Gasteiger partial charge in [-0.2, -0.15) is 0 Å². The fourth-order valence-corrected chi connectivity index (χ4v) is 0.611. The molecule has 0 aromatic carbocycles. The summed E-state index contributed by atoms with van der Waals surface area (Å²) in [6, 6.07) is 0. The summed E-state index contributed by atoms with van der Waals surface area (Å²) in [6.45, 7) is 0.815. The van der Waals surface area contributed by atoms with E-state index in [1.165, 1.54) is 5.54 Å². The second-order valence-electron chi connectivity index (χ2n) is 1.14. The summed E-state index contributed by atoms with van der Waals surface area (Å²) in [6.07, 6.45) is 2.81. The smallest absolute Gasteiger partial charge is 0.145 e. The summed E-state index contributed by atoms with van der Waals surface area (Å²) < 4.78 is 4.87. The number of rotatable bonds is 3. The van der Waals surface area contributed by atoms with E-state index in [-0.39, 0.29) is 0 Å². The minimum absolute atomic E-state index is 0.815. The highest BCUT2D eigenvalue weighted by molar-refractivity contribution is 6.25. The molecule has 0 radical (unpaired) electrons. The summed E-state index contributed by atoms with van der Waals surface area (Å²) >= 11 is 5.21. The van der Waals surface area contributed by atoms with E-state index in [0.717, 1.165) is 23.5 Å². The molecule has 0 fully saturated rings. The van der Waals surface area contributed by atoms with Crippen LogP contribution >= 0.6 is 11.6 Å². The zero-order chi connectivity index (χ0) is 5.54. The Balaban J connectivity index is 2.69. The van der Waals surface area contributed by atoms with E-state index < -0.39 is 0 Å². The van der Waals surface area contributed by atoms with E-state index in [4.69, 9.17) is 16.0 Å². The lowest BCUT2D eigenvalue weighted by Gasteiger charge is -1.87. The van der Waals surface area contributed by atoms with Gasteiger partial charge >= 0.3 is 0 Å². The lowest BCUT2D eigenvalue weighted by Crippen LogP contribution is -1.84. The molecule has 0 bridgehead atoms. The van der Waals surface area contributed by atoms with Gasteiger partial charge in [0.25, 0.3) is 0 Å². The highest BCUT2D eigenvalue weighted by Crippen LogP contribution is 1.84. The zero-order valence-electron chi connectivity index (χ0n) is 4.36. The van der Waals surface area contributed by atoms with Crippen molar-refractivity contribution in [2.45, 2.75) is 6.42 Å². The lowest BCUT2D eigenvalue weighted by atomic mass is 10.5. The summed E-state index contributed by atoms with van der Waals surface area (Å²) in [5, 5.41) is 0. The van der Waals surface area contributed by atoms with E-state index >= 15 is 0 Å². The first kappa shape index (κ1) is 7.21. The maximum atomic E-state index is 5.21. The van der Waals surface area contributed by atoms with Gasteiger partial charge in [0.05, 0.1) is 0 Å². The van der Waals surface area contributed by atoms with Gasteiger partial charge in [-0.25, -0.2) is 0 Å². The Labute approximate surface area is 51.9 Å². The lowest BCUT2D eigenvalue weighted by molar-refractivity contribution is 0.358. The third kappa shape index (κ3) is 6.21. The Bertz CT molecular complexity index is 55.7. The predicted octanol–water partition coefficient (Wildman–Crippen LogP) is 0.426. The summed E-state index contributed by atoms with van der Waals surface area (Å²) in [4.78, 5) is 0. The molecular formula is C4H9ClOSi. The molecule has 0 heterocycles. The van der Waals surface area contributed by atoms with Gasteiger partial charge in [0.15, 0.2) is 0 Å². The van der Waals surface area contributed by atoms with Gasteiger partial charge < -0.3 is 4.43 Å². The molecule has 7 heavy (non-hydrogen) atoms. The van der Waals surface area contributed by atoms with Gasteiger partial charge in [-0.15, -0.1) is 0 Å². The van der Waals surface area contributed by atoms with Gasteiger partial charge in [-0.1, -0.05) is 17.7 Å². The first-order chi connectivity index (χ1) is 3.41. The average Bonchev–Trinajstić information content (AvgIpc) is 1.69. The van der Waals surface area contributed by atoms with Crippen molar-refractivity contribution >= 4 is 22.1 Å². The van der Waals surface area contributed by atoms with Crippen LogP contribution in [-0.2, 0) is 4.43 Å². The van der Waals surface area contributed by atoms with Gasteiger partial charge in [-0.3, -0.25) is 0 Å². The minimum atomic E-state index is 0.815. The molecule has 0 unspecified atom stereocenters. The molecule has 0 aromatic rings. The second kappa shape index (κ2) is 6.21. The monoisotopic (exact) mass is 136 g/mol. The summed E-state index contributed by atoms with van der Waals surface area (Å²) in [7, 11) is 0.829. The van der Waals surface area contributed by atoms with Crippen molar-refractivity contribution in [2.24, 2.45) is 0 Å². The average molecular weight is 137 g/mol. The van der Waals surface area contributed by atoms with E-state index in [0.29, 0.717) is 0 Å². The molecule has 3 heteroatoms. The fraction of sp³-hybridized carbons (Fsp3) is 0.500. The minimum Gasteiger partial charge on any atom is -0.428 e. The van der Waals surface area contributed by atoms with Crippen LogP contribution < -0.4 is 0 Å². The van der Waals surface area contributed by atoms with Gasteiger partial charge in [-0.05, 0) is 6.42 Å². The topological polar surface area (TPSA) is 9.23 Å². The molecule has 1 nitrogen and oxygen atoms in total. The predicted molar refractivity (Wildman–Crippen MR) is 35.5 cm³/mol. The largest absolute Gasteiger partial charge is 0.428 e. The first-order valence-corrected chi connectivity index (χ1v) is 3.41.